The van der Waals surface area contributed by atoms with Crippen molar-refractivity contribution in [2.24, 2.45) is 0 Å². The smallest absolute Gasteiger partial charge is 0.336 e. The summed E-state index contributed by atoms with van der Waals surface area (Å²) in [6.07, 6.45) is 5.81. The summed E-state index contributed by atoms with van der Waals surface area (Å²) in [6.45, 7) is 0. The molecule has 2 atom stereocenters. The van der Waals surface area contributed by atoms with Crippen molar-refractivity contribution < 1.29 is 19.1 Å². The molecular weight excluding hydrogens is 332 g/mol. The molecule has 0 saturated carbocycles. The summed E-state index contributed by atoms with van der Waals surface area (Å²) in [4.78, 5) is 30.4. The van der Waals surface area contributed by atoms with Crippen molar-refractivity contribution in [3.8, 4) is 0 Å². The molecule has 7 heteroatoms. The largest absolute Gasteiger partial charge is 0.433 e. The molecule has 1 saturated heterocycles. The second-order valence-electron chi connectivity index (χ2n) is 6.11. The maximum absolute atomic E-state index is 12.1. The number of pyridine rings is 1. The molecule has 0 radical (unpaired) electrons. The first kappa shape index (κ1) is 15.4. The molecule has 4 heterocycles. The Kier molecular flexibility index (Phi) is 3.47. The van der Waals surface area contributed by atoms with Crippen LogP contribution in [0.25, 0.3) is 5.57 Å². The van der Waals surface area contributed by atoms with Gasteiger partial charge in [-0.25, -0.2) is 9.59 Å². The Hall–Kier alpha value is -2.18. The molecule has 1 aromatic heterocycles. The summed E-state index contributed by atoms with van der Waals surface area (Å²) < 4.78 is 11.3. The van der Waals surface area contributed by atoms with Gasteiger partial charge in [-0.2, -0.15) is 0 Å². The van der Waals surface area contributed by atoms with Crippen LogP contribution in [0.4, 0.5) is 0 Å². The number of ether oxygens (including phenoxy) is 2. The molecule has 0 aromatic carbocycles. The number of hydrogen-bond donors (Lipinski definition) is 0. The van der Waals surface area contributed by atoms with E-state index in [9.17, 15) is 9.59 Å². The van der Waals surface area contributed by atoms with Gasteiger partial charge in [-0.1, -0.05) is 11.6 Å². The van der Waals surface area contributed by atoms with Crippen molar-refractivity contribution >= 4 is 29.1 Å². The van der Waals surface area contributed by atoms with E-state index in [1.807, 2.05) is 11.9 Å². The van der Waals surface area contributed by atoms with Crippen molar-refractivity contribution in [3.05, 3.63) is 47.0 Å². The maximum Gasteiger partial charge on any atom is 0.336 e. The van der Waals surface area contributed by atoms with Gasteiger partial charge in [0.25, 0.3) is 0 Å². The van der Waals surface area contributed by atoms with Crippen molar-refractivity contribution in [2.75, 3.05) is 7.05 Å². The van der Waals surface area contributed by atoms with Gasteiger partial charge < -0.3 is 9.47 Å². The number of esters is 2. The molecule has 0 N–H and O–H groups in total. The van der Waals surface area contributed by atoms with E-state index < -0.39 is 17.7 Å². The molecule has 1 aromatic rings. The minimum atomic E-state index is -1.09. The molecule has 1 fully saturated rings. The Morgan fingerprint density at radius 3 is 2.92 bits per heavy atom. The zero-order valence-corrected chi connectivity index (χ0v) is 13.7. The van der Waals surface area contributed by atoms with Gasteiger partial charge in [-0.05, 0) is 32.0 Å². The van der Waals surface area contributed by atoms with Crippen LogP contribution < -0.4 is 0 Å². The van der Waals surface area contributed by atoms with E-state index in [2.05, 4.69) is 4.98 Å². The van der Waals surface area contributed by atoms with Gasteiger partial charge in [0.15, 0.2) is 5.76 Å². The second-order valence-corrected chi connectivity index (χ2v) is 6.52. The first-order chi connectivity index (χ1) is 11.5. The number of rotatable bonds is 1. The minimum absolute atomic E-state index is 0.164. The highest BCUT2D eigenvalue weighted by Gasteiger charge is 2.57. The molecule has 0 aliphatic carbocycles. The number of likely N-dealkylation sites (N-methyl/N-ethyl adjacent to an activating group) is 1. The van der Waals surface area contributed by atoms with Crippen LogP contribution >= 0.6 is 11.6 Å². The predicted octanol–water partition coefficient (Wildman–Crippen LogP) is 2.30. The second kappa shape index (κ2) is 5.43. The zero-order chi connectivity index (χ0) is 16.9. The Morgan fingerprint density at radius 2 is 2.12 bits per heavy atom. The quantitative estimate of drug-likeness (QED) is 0.727. The molecule has 0 amide bonds. The van der Waals surface area contributed by atoms with Crippen LogP contribution in [-0.4, -0.2) is 40.6 Å². The molecule has 3 aliphatic heterocycles. The van der Waals surface area contributed by atoms with Gasteiger partial charge in [-0.3, -0.25) is 9.88 Å². The van der Waals surface area contributed by atoms with E-state index in [0.717, 1.165) is 24.1 Å². The lowest BCUT2D eigenvalue weighted by Gasteiger charge is -2.43. The van der Waals surface area contributed by atoms with E-state index in [4.69, 9.17) is 21.1 Å². The Morgan fingerprint density at radius 1 is 1.33 bits per heavy atom. The van der Waals surface area contributed by atoms with Crippen molar-refractivity contribution in [3.63, 3.8) is 0 Å². The van der Waals surface area contributed by atoms with Crippen LogP contribution in [0, 0.1) is 0 Å². The first-order valence-corrected chi connectivity index (χ1v) is 8.09. The van der Waals surface area contributed by atoms with Crippen LogP contribution in [0.3, 0.4) is 0 Å². The standard InChI is InChI=1S/C17H15ClN2O4/c1-20-10-6-7-17(20)16(23-13(21)4-5-14(22)24-17)11(9-10)15-12(18)3-2-8-19-15/h2-5,8,10H,6-7,9H2,1H3/b5-4+. The van der Waals surface area contributed by atoms with E-state index >= 15 is 0 Å². The van der Waals surface area contributed by atoms with Gasteiger partial charge >= 0.3 is 11.9 Å². The molecule has 2 unspecified atom stereocenters. The lowest BCUT2D eigenvalue weighted by molar-refractivity contribution is -0.177. The summed E-state index contributed by atoms with van der Waals surface area (Å²) in [5.74, 6) is -0.851. The summed E-state index contributed by atoms with van der Waals surface area (Å²) >= 11 is 6.30. The lowest BCUT2D eigenvalue weighted by atomic mass is 9.94. The molecule has 6 nitrogen and oxygen atoms in total. The van der Waals surface area contributed by atoms with E-state index in [1.54, 1.807) is 18.3 Å². The number of nitrogens with zero attached hydrogens (tertiary/aromatic N) is 2. The molecule has 24 heavy (non-hydrogen) atoms. The fourth-order valence-electron chi connectivity index (χ4n) is 3.70. The summed E-state index contributed by atoms with van der Waals surface area (Å²) in [7, 11) is 1.88. The van der Waals surface area contributed by atoms with Crippen LogP contribution in [0.15, 0.2) is 36.2 Å². The maximum atomic E-state index is 12.1. The van der Waals surface area contributed by atoms with Crippen LogP contribution in [0.2, 0.25) is 5.02 Å². The number of hydrogen-bond acceptors (Lipinski definition) is 6. The van der Waals surface area contributed by atoms with Gasteiger partial charge in [0.2, 0.25) is 5.72 Å². The molecule has 124 valence electrons. The predicted molar refractivity (Wildman–Crippen MR) is 85.6 cm³/mol. The fraction of sp³-hybridized carbons (Fsp3) is 0.353. The monoisotopic (exact) mass is 346 g/mol. The molecule has 2 bridgehead atoms. The fourth-order valence-corrected chi connectivity index (χ4v) is 3.93. The summed E-state index contributed by atoms with van der Waals surface area (Å²) in [5.41, 5.74) is 0.195. The van der Waals surface area contributed by atoms with Gasteiger partial charge in [-0.15, -0.1) is 0 Å². The number of halogens is 1. The van der Waals surface area contributed by atoms with Crippen LogP contribution in [-0.2, 0) is 19.1 Å². The third-order valence-corrected chi connectivity index (χ3v) is 5.18. The highest BCUT2D eigenvalue weighted by atomic mass is 35.5. The minimum Gasteiger partial charge on any atom is -0.433 e. The summed E-state index contributed by atoms with van der Waals surface area (Å²) in [6, 6.07) is 3.64. The van der Waals surface area contributed by atoms with E-state index in [-0.39, 0.29) is 6.04 Å². The Balaban J connectivity index is 1.96. The van der Waals surface area contributed by atoms with E-state index in [0.29, 0.717) is 29.3 Å². The number of fused-ring (bicyclic) bond motifs is 1. The SMILES string of the molecule is CN1C2CCC13OC(=O)/C=C/C(=O)OC3=C(c1ncccc1Cl)C2. The normalized spacial score (nSPS) is 31.0. The van der Waals surface area contributed by atoms with Crippen molar-refractivity contribution in [1.29, 1.82) is 0 Å². The topological polar surface area (TPSA) is 68.7 Å². The average molecular weight is 347 g/mol. The van der Waals surface area contributed by atoms with Crippen LogP contribution in [0.5, 0.6) is 0 Å². The van der Waals surface area contributed by atoms with Gasteiger partial charge in [0, 0.05) is 36.4 Å². The van der Waals surface area contributed by atoms with Crippen molar-refractivity contribution in [2.45, 2.75) is 31.0 Å². The third-order valence-electron chi connectivity index (χ3n) is 4.87. The molecule has 4 rings (SSSR count). The Labute approximate surface area is 143 Å². The zero-order valence-electron chi connectivity index (χ0n) is 13.0. The Bertz CT molecular complexity index is 804. The van der Waals surface area contributed by atoms with Crippen molar-refractivity contribution in [1.82, 2.24) is 9.88 Å². The molecule has 3 aliphatic rings. The number of carbonyl (C=O) groups is 2. The number of carbonyl (C=O) groups excluding carboxylic acids is 2. The average Bonchev–Trinajstić information content (AvgIpc) is 2.76. The molecular formula is C17H15ClN2O4. The highest BCUT2D eigenvalue weighted by Crippen LogP contribution is 2.50. The summed E-state index contributed by atoms with van der Waals surface area (Å²) in [5, 5.41) is 0.471. The molecule has 1 spiro atoms. The van der Waals surface area contributed by atoms with Crippen LogP contribution in [0.1, 0.15) is 25.0 Å². The third kappa shape index (κ3) is 2.17. The van der Waals surface area contributed by atoms with Gasteiger partial charge in [0.05, 0.1) is 10.7 Å². The lowest BCUT2D eigenvalue weighted by Crippen LogP contribution is -2.53. The number of aromatic nitrogens is 1. The first-order valence-electron chi connectivity index (χ1n) is 7.71. The van der Waals surface area contributed by atoms with Gasteiger partial charge in [0.1, 0.15) is 0 Å². The highest BCUT2D eigenvalue weighted by molar-refractivity contribution is 6.32. The van der Waals surface area contributed by atoms with E-state index in [1.165, 1.54) is 0 Å².